The number of aliphatic hydroxyl groups is 1. The lowest BCUT2D eigenvalue weighted by atomic mass is 9.95. The molecule has 1 atom stereocenters. The molecule has 0 aliphatic heterocycles. The molecule has 0 saturated carbocycles. The molecule has 0 aromatic heterocycles. The Labute approximate surface area is 140 Å². The van der Waals surface area contributed by atoms with Crippen LogP contribution in [0, 0.1) is 11.7 Å². The maximum atomic E-state index is 13.1. The van der Waals surface area contributed by atoms with Crippen LogP contribution in [0.15, 0.2) is 18.2 Å². The number of benzene rings is 1. The number of hydrogen-bond donors (Lipinski definition) is 3. The van der Waals surface area contributed by atoms with Crippen molar-refractivity contribution in [3.8, 4) is 0 Å². The third-order valence-corrected chi connectivity index (χ3v) is 3.60. The van der Waals surface area contributed by atoms with Crippen molar-refractivity contribution in [1.29, 1.82) is 0 Å². The van der Waals surface area contributed by atoms with Gasteiger partial charge in [0.25, 0.3) is 0 Å². The third-order valence-electron chi connectivity index (χ3n) is 3.27. The minimum absolute atomic E-state index is 0.0124. The molecule has 0 aliphatic rings. The van der Waals surface area contributed by atoms with E-state index in [2.05, 4.69) is 10.6 Å². The third kappa shape index (κ3) is 6.97. The maximum Gasteiger partial charge on any atom is 0.313 e. The van der Waals surface area contributed by atoms with Gasteiger partial charge in [0, 0.05) is 6.54 Å². The zero-order chi connectivity index (χ0) is 17.6. The summed E-state index contributed by atoms with van der Waals surface area (Å²) < 4.78 is 13.1. The predicted molar refractivity (Wildman–Crippen MR) is 87.7 cm³/mol. The molecular weight excluding hydrogens is 323 g/mol. The van der Waals surface area contributed by atoms with Gasteiger partial charge in [-0.3, -0.25) is 9.59 Å². The van der Waals surface area contributed by atoms with Gasteiger partial charge in [-0.1, -0.05) is 25.4 Å². The van der Waals surface area contributed by atoms with E-state index < -0.39 is 23.2 Å². The van der Waals surface area contributed by atoms with E-state index >= 15 is 0 Å². The highest BCUT2D eigenvalue weighted by molar-refractivity contribution is 6.41. The fourth-order valence-corrected chi connectivity index (χ4v) is 1.98. The molecule has 0 fully saturated rings. The van der Waals surface area contributed by atoms with Crippen molar-refractivity contribution in [3.05, 3.63) is 29.0 Å². The van der Waals surface area contributed by atoms with Gasteiger partial charge in [-0.15, -0.1) is 0 Å². The topological polar surface area (TPSA) is 78.4 Å². The summed E-state index contributed by atoms with van der Waals surface area (Å²) in [5.74, 6) is -2.05. The number of carbonyl (C=O) groups is 2. The molecule has 23 heavy (non-hydrogen) atoms. The van der Waals surface area contributed by atoms with Crippen molar-refractivity contribution in [1.82, 2.24) is 5.32 Å². The normalized spacial score (nSPS) is 13.5. The fraction of sp³-hybridized carbons (Fsp3) is 0.500. The molecule has 128 valence electrons. The largest absolute Gasteiger partial charge is 0.388 e. The molecule has 1 aromatic rings. The predicted octanol–water partition coefficient (Wildman–Crippen LogP) is 2.72. The summed E-state index contributed by atoms with van der Waals surface area (Å²) in [4.78, 5) is 23.5. The highest BCUT2D eigenvalue weighted by Gasteiger charge is 2.23. The van der Waals surface area contributed by atoms with Crippen LogP contribution in [0.2, 0.25) is 5.02 Å². The van der Waals surface area contributed by atoms with Crippen LogP contribution in [0.1, 0.15) is 33.6 Å². The van der Waals surface area contributed by atoms with Gasteiger partial charge in [0.1, 0.15) is 5.82 Å². The number of carbonyl (C=O) groups excluding carboxylic acids is 2. The van der Waals surface area contributed by atoms with E-state index in [1.165, 1.54) is 6.07 Å². The van der Waals surface area contributed by atoms with Crippen molar-refractivity contribution in [2.75, 3.05) is 11.9 Å². The van der Waals surface area contributed by atoms with E-state index in [0.717, 1.165) is 18.6 Å². The molecule has 3 N–H and O–H groups in total. The van der Waals surface area contributed by atoms with E-state index in [1.807, 2.05) is 13.8 Å². The Kier molecular flexibility index (Phi) is 6.97. The Morgan fingerprint density at radius 1 is 1.35 bits per heavy atom. The van der Waals surface area contributed by atoms with Crippen LogP contribution >= 0.6 is 11.6 Å². The van der Waals surface area contributed by atoms with E-state index in [1.54, 1.807) is 6.92 Å². The van der Waals surface area contributed by atoms with Gasteiger partial charge in [-0.05, 0) is 43.9 Å². The SMILES string of the molecule is CC(C)CCC(C)(O)CNC(=O)C(=O)Nc1cc(F)ccc1Cl. The van der Waals surface area contributed by atoms with Crippen molar-refractivity contribution in [3.63, 3.8) is 0 Å². The van der Waals surface area contributed by atoms with Crippen molar-refractivity contribution >= 4 is 29.1 Å². The van der Waals surface area contributed by atoms with Crippen molar-refractivity contribution in [2.45, 2.75) is 39.2 Å². The van der Waals surface area contributed by atoms with Crippen LogP contribution < -0.4 is 10.6 Å². The quantitative estimate of drug-likeness (QED) is 0.694. The van der Waals surface area contributed by atoms with Gasteiger partial charge in [0.05, 0.1) is 16.3 Å². The second-order valence-corrected chi connectivity index (χ2v) is 6.60. The Balaban J connectivity index is 2.54. The summed E-state index contributed by atoms with van der Waals surface area (Å²) in [7, 11) is 0. The molecule has 0 aliphatic carbocycles. The highest BCUT2D eigenvalue weighted by atomic mass is 35.5. The summed E-state index contributed by atoms with van der Waals surface area (Å²) in [5.41, 5.74) is -1.09. The van der Waals surface area contributed by atoms with Crippen molar-refractivity contribution < 1.29 is 19.1 Å². The number of rotatable bonds is 6. The smallest absolute Gasteiger partial charge is 0.313 e. The molecule has 0 saturated heterocycles. The molecule has 1 unspecified atom stereocenters. The number of hydrogen-bond acceptors (Lipinski definition) is 3. The van der Waals surface area contributed by atoms with Gasteiger partial charge in [0.2, 0.25) is 0 Å². The van der Waals surface area contributed by atoms with Gasteiger partial charge >= 0.3 is 11.8 Å². The lowest BCUT2D eigenvalue weighted by Crippen LogP contribution is -2.44. The van der Waals surface area contributed by atoms with Gasteiger partial charge < -0.3 is 15.7 Å². The van der Waals surface area contributed by atoms with Gasteiger partial charge in [-0.25, -0.2) is 4.39 Å². The Bertz CT molecular complexity index is 576. The standard InChI is InChI=1S/C16H22ClFN2O3/c1-10(2)6-7-16(3,23)9-19-14(21)15(22)20-13-8-11(18)4-5-12(13)17/h4-5,8,10,23H,6-7,9H2,1-3H3,(H,19,21)(H,20,22). The Morgan fingerprint density at radius 3 is 2.61 bits per heavy atom. The first-order chi connectivity index (χ1) is 10.6. The van der Waals surface area contributed by atoms with Gasteiger partial charge in [-0.2, -0.15) is 0 Å². The minimum atomic E-state index is -1.10. The first-order valence-corrected chi connectivity index (χ1v) is 7.75. The number of halogens is 2. The lowest BCUT2D eigenvalue weighted by molar-refractivity contribution is -0.136. The fourth-order valence-electron chi connectivity index (χ4n) is 1.81. The van der Waals surface area contributed by atoms with Crippen LogP contribution in [0.5, 0.6) is 0 Å². The van der Waals surface area contributed by atoms with Crippen LogP contribution in [0.3, 0.4) is 0 Å². The molecular formula is C16H22ClFN2O3. The van der Waals surface area contributed by atoms with E-state index in [9.17, 15) is 19.1 Å². The molecule has 7 heteroatoms. The van der Waals surface area contributed by atoms with Gasteiger partial charge in [0.15, 0.2) is 0 Å². The first kappa shape index (κ1) is 19.4. The van der Waals surface area contributed by atoms with Crippen LogP contribution in [0.25, 0.3) is 0 Å². The molecule has 0 radical (unpaired) electrons. The molecule has 2 amide bonds. The molecule has 0 spiro atoms. The summed E-state index contributed by atoms with van der Waals surface area (Å²) in [6, 6.07) is 3.44. The maximum absolute atomic E-state index is 13.1. The molecule has 0 heterocycles. The van der Waals surface area contributed by atoms with E-state index in [4.69, 9.17) is 11.6 Å². The second-order valence-electron chi connectivity index (χ2n) is 6.19. The Morgan fingerprint density at radius 2 is 2.00 bits per heavy atom. The van der Waals surface area contributed by atoms with E-state index in [-0.39, 0.29) is 17.3 Å². The summed E-state index contributed by atoms with van der Waals surface area (Å²) in [5, 5.41) is 14.9. The molecule has 0 bridgehead atoms. The zero-order valence-corrected chi connectivity index (χ0v) is 14.2. The monoisotopic (exact) mass is 344 g/mol. The summed E-state index contributed by atoms with van der Waals surface area (Å²) in [6.45, 7) is 5.61. The lowest BCUT2D eigenvalue weighted by Gasteiger charge is -2.24. The molecule has 1 aromatic carbocycles. The number of nitrogens with one attached hydrogen (secondary N) is 2. The van der Waals surface area contributed by atoms with Crippen molar-refractivity contribution in [2.24, 2.45) is 5.92 Å². The van der Waals surface area contributed by atoms with E-state index in [0.29, 0.717) is 12.3 Å². The summed E-state index contributed by atoms with van der Waals surface area (Å²) in [6.07, 6.45) is 1.30. The second kappa shape index (κ2) is 8.26. The first-order valence-electron chi connectivity index (χ1n) is 7.37. The molecule has 1 rings (SSSR count). The summed E-state index contributed by atoms with van der Waals surface area (Å²) >= 11 is 5.81. The average Bonchev–Trinajstić information content (AvgIpc) is 2.46. The number of amides is 2. The molecule has 5 nitrogen and oxygen atoms in total. The van der Waals surface area contributed by atoms with Crippen LogP contribution in [-0.4, -0.2) is 29.1 Å². The minimum Gasteiger partial charge on any atom is -0.388 e. The highest BCUT2D eigenvalue weighted by Crippen LogP contribution is 2.22. The average molecular weight is 345 g/mol. The van der Waals surface area contributed by atoms with Crippen LogP contribution in [-0.2, 0) is 9.59 Å². The Hall–Kier alpha value is -1.66. The van der Waals surface area contributed by atoms with Crippen LogP contribution in [0.4, 0.5) is 10.1 Å². The zero-order valence-electron chi connectivity index (χ0n) is 13.5. The number of anilines is 1.